The Morgan fingerprint density at radius 3 is 2.62 bits per heavy atom. The van der Waals surface area contributed by atoms with Crippen LogP contribution in [0.4, 0.5) is 24.5 Å². The number of aromatic nitrogens is 3. The van der Waals surface area contributed by atoms with E-state index in [1.54, 1.807) is 0 Å². The largest absolute Gasteiger partial charge is 0.416 e. The van der Waals surface area contributed by atoms with E-state index in [0.29, 0.717) is 17.1 Å². The Morgan fingerprint density at radius 2 is 2.04 bits per heavy atom. The summed E-state index contributed by atoms with van der Waals surface area (Å²) in [6.07, 6.45) is -1.15. The van der Waals surface area contributed by atoms with E-state index in [1.807, 2.05) is 0 Å². The average molecular weight is 340 g/mol. The first kappa shape index (κ1) is 15.6. The van der Waals surface area contributed by atoms with E-state index in [-0.39, 0.29) is 5.69 Å². The van der Waals surface area contributed by atoms with Crippen LogP contribution in [0, 0.1) is 10.1 Å². The topological polar surface area (TPSA) is 107 Å². The van der Waals surface area contributed by atoms with Crippen LogP contribution in [0.3, 0.4) is 0 Å². The minimum Gasteiger partial charge on any atom is -0.270 e. The van der Waals surface area contributed by atoms with Crippen LogP contribution in [0.15, 0.2) is 36.0 Å². The minimum atomic E-state index is -4.75. The molecule has 1 aromatic carbocycles. The van der Waals surface area contributed by atoms with Gasteiger partial charge < -0.3 is 0 Å². The van der Waals surface area contributed by atoms with Crippen molar-refractivity contribution in [2.45, 2.75) is 12.2 Å². The number of benzene rings is 1. The summed E-state index contributed by atoms with van der Waals surface area (Å²) in [6, 6.07) is 0.865. The summed E-state index contributed by atoms with van der Waals surface area (Å²) in [4.78, 5) is 26.1. The molecule has 0 bridgehead atoms. The van der Waals surface area contributed by atoms with Crippen molar-refractivity contribution < 1.29 is 22.9 Å². The number of amides is 1. The first-order valence-corrected chi connectivity index (χ1v) is 6.37. The number of carbonyl (C=O) groups excluding carboxylic acids is 1. The number of hydrogen-bond donors (Lipinski definition) is 0. The maximum atomic E-state index is 12.7. The van der Waals surface area contributed by atoms with Crippen LogP contribution >= 0.6 is 0 Å². The van der Waals surface area contributed by atoms with Gasteiger partial charge in [-0.3, -0.25) is 14.9 Å². The molecule has 0 aliphatic carbocycles. The van der Waals surface area contributed by atoms with Gasteiger partial charge in [-0.15, -0.1) is 0 Å². The van der Waals surface area contributed by atoms with Crippen LogP contribution in [0.1, 0.15) is 11.6 Å². The standard InChI is InChI=1S/C12H7F3N6O3/c13-12(14,15)7-1-2-8(9(3-7)21(23)24)20-11(22)10(4-17-20)19-6-16-5-18-19/h1-6,10H. The van der Waals surface area contributed by atoms with Gasteiger partial charge >= 0.3 is 6.18 Å². The van der Waals surface area contributed by atoms with Gasteiger partial charge in [-0.1, -0.05) is 0 Å². The van der Waals surface area contributed by atoms with Gasteiger partial charge in [-0.25, -0.2) is 9.67 Å². The summed E-state index contributed by atoms with van der Waals surface area (Å²) in [6.45, 7) is 0. The molecule has 1 aromatic heterocycles. The van der Waals surface area contributed by atoms with E-state index in [1.165, 1.54) is 23.6 Å². The molecule has 1 aliphatic rings. The number of anilines is 1. The van der Waals surface area contributed by atoms with Crippen LogP contribution in [-0.2, 0) is 11.0 Å². The van der Waals surface area contributed by atoms with Crippen molar-refractivity contribution >= 4 is 23.5 Å². The number of hydrazone groups is 1. The maximum absolute atomic E-state index is 12.7. The molecule has 0 saturated carbocycles. The van der Waals surface area contributed by atoms with Gasteiger partial charge in [0.25, 0.3) is 11.6 Å². The molecular formula is C12H7F3N6O3. The Kier molecular flexibility index (Phi) is 3.51. The zero-order valence-electron chi connectivity index (χ0n) is 11.6. The Labute approximate surface area is 131 Å². The van der Waals surface area contributed by atoms with Crippen molar-refractivity contribution in [2.75, 3.05) is 5.01 Å². The second kappa shape index (κ2) is 5.40. The highest BCUT2D eigenvalue weighted by Gasteiger charge is 2.38. The average Bonchev–Trinajstić information content (AvgIpc) is 3.14. The Morgan fingerprint density at radius 1 is 1.29 bits per heavy atom. The lowest BCUT2D eigenvalue weighted by Gasteiger charge is -2.15. The third-order valence-corrected chi connectivity index (χ3v) is 3.23. The number of nitro benzene ring substituents is 1. The Hall–Kier alpha value is -3.31. The second-order valence-electron chi connectivity index (χ2n) is 4.69. The molecule has 9 nitrogen and oxygen atoms in total. The van der Waals surface area contributed by atoms with E-state index in [4.69, 9.17) is 0 Å². The molecule has 1 unspecified atom stereocenters. The zero-order chi connectivity index (χ0) is 17.5. The van der Waals surface area contributed by atoms with E-state index < -0.39 is 34.3 Å². The first-order valence-electron chi connectivity index (χ1n) is 6.37. The third kappa shape index (κ3) is 2.57. The van der Waals surface area contributed by atoms with Crippen LogP contribution in [-0.4, -0.2) is 31.8 Å². The van der Waals surface area contributed by atoms with Gasteiger partial charge in [0.15, 0.2) is 6.04 Å². The first-order chi connectivity index (χ1) is 11.3. The number of halogens is 3. The summed E-state index contributed by atoms with van der Waals surface area (Å²) in [5.41, 5.74) is -2.44. The molecule has 1 atom stereocenters. The molecule has 24 heavy (non-hydrogen) atoms. The molecule has 124 valence electrons. The van der Waals surface area contributed by atoms with Crippen LogP contribution in [0.25, 0.3) is 0 Å². The van der Waals surface area contributed by atoms with E-state index in [2.05, 4.69) is 15.2 Å². The number of nitro groups is 1. The molecule has 0 spiro atoms. The van der Waals surface area contributed by atoms with Crippen LogP contribution < -0.4 is 5.01 Å². The van der Waals surface area contributed by atoms with Crippen molar-refractivity contribution in [1.82, 2.24) is 14.8 Å². The molecule has 12 heteroatoms. The minimum absolute atomic E-state index is 0.362. The zero-order valence-corrected chi connectivity index (χ0v) is 11.6. The lowest BCUT2D eigenvalue weighted by molar-refractivity contribution is -0.384. The lowest BCUT2D eigenvalue weighted by Crippen LogP contribution is -2.29. The predicted octanol–water partition coefficient (Wildman–Crippen LogP) is 1.78. The summed E-state index contributed by atoms with van der Waals surface area (Å²) in [5.74, 6) is -0.705. The SMILES string of the molecule is O=C1C(n2cncn2)C=NN1c1ccc(C(F)(F)F)cc1[N+](=O)[O-]. The summed E-state index contributed by atoms with van der Waals surface area (Å²) in [7, 11) is 0. The second-order valence-corrected chi connectivity index (χ2v) is 4.69. The van der Waals surface area contributed by atoms with Gasteiger partial charge in [-0.2, -0.15) is 28.4 Å². The summed E-state index contributed by atoms with van der Waals surface area (Å²) < 4.78 is 39.3. The normalized spacial score (nSPS) is 17.5. The highest BCUT2D eigenvalue weighted by atomic mass is 19.4. The lowest BCUT2D eigenvalue weighted by atomic mass is 10.1. The molecule has 0 saturated heterocycles. The fraction of sp³-hybridized carbons (Fsp3) is 0.167. The fourth-order valence-electron chi connectivity index (χ4n) is 2.12. The quantitative estimate of drug-likeness (QED) is 0.625. The van der Waals surface area contributed by atoms with E-state index >= 15 is 0 Å². The van der Waals surface area contributed by atoms with Crippen molar-refractivity contribution in [3.63, 3.8) is 0 Å². The van der Waals surface area contributed by atoms with Gasteiger partial charge in [0.05, 0.1) is 16.7 Å². The molecule has 0 fully saturated rings. The summed E-state index contributed by atoms with van der Waals surface area (Å²) >= 11 is 0. The molecule has 2 aromatic rings. The Bertz CT molecular complexity index is 833. The molecule has 0 radical (unpaired) electrons. The Balaban J connectivity index is 2.00. The smallest absolute Gasteiger partial charge is 0.270 e. The predicted molar refractivity (Wildman–Crippen MR) is 73.1 cm³/mol. The maximum Gasteiger partial charge on any atom is 0.416 e. The number of hydrogen-bond acceptors (Lipinski definition) is 6. The molecule has 1 aliphatic heterocycles. The monoisotopic (exact) mass is 340 g/mol. The van der Waals surface area contributed by atoms with Gasteiger partial charge in [0.1, 0.15) is 18.3 Å². The fourth-order valence-corrected chi connectivity index (χ4v) is 2.12. The highest BCUT2D eigenvalue weighted by Crippen LogP contribution is 2.37. The number of rotatable bonds is 3. The van der Waals surface area contributed by atoms with Crippen molar-refractivity contribution in [2.24, 2.45) is 5.10 Å². The third-order valence-electron chi connectivity index (χ3n) is 3.23. The van der Waals surface area contributed by atoms with Gasteiger partial charge in [0, 0.05) is 6.07 Å². The van der Waals surface area contributed by atoms with Crippen molar-refractivity contribution in [3.05, 3.63) is 46.5 Å². The van der Waals surface area contributed by atoms with Gasteiger partial charge in [0.2, 0.25) is 0 Å². The van der Waals surface area contributed by atoms with Crippen LogP contribution in [0.2, 0.25) is 0 Å². The molecule has 2 heterocycles. The number of alkyl halides is 3. The van der Waals surface area contributed by atoms with Crippen molar-refractivity contribution in [1.29, 1.82) is 0 Å². The number of nitrogens with zero attached hydrogens (tertiary/aromatic N) is 6. The number of carbonyl (C=O) groups is 1. The molecule has 0 N–H and O–H groups in total. The highest BCUT2D eigenvalue weighted by molar-refractivity contribution is 6.10. The van der Waals surface area contributed by atoms with Gasteiger partial charge in [-0.05, 0) is 12.1 Å². The van der Waals surface area contributed by atoms with E-state index in [0.717, 1.165) is 6.07 Å². The van der Waals surface area contributed by atoms with E-state index in [9.17, 15) is 28.1 Å². The van der Waals surface area contributed by atoms with Crippen LogP contribution in [0.5, 0.6) is 0 Å². The summed E-state index contributed by atoms with van der Waals surface area (Å²) in [5, 5.41) is 19.3. The molecule has 3 rings (SSSR count). The van der Waals surface area contributed by atoms with Crippen molar-refractivity contribution in [3.8, 4) is 0 Å². The molecule has 1 amide bonds. The molecular weight excluding hydrogens is 333 g/mol.